The van der Waals surface area contributed by atoms with Crippen molar-refractivity contribution in [3.8, 4) is 0 Å². The number of nitro groups is 1. The molecule has 1 N–H and O–H groups in total. The van der Waals surface area contributed by atoms with E-state index >= 15 is 0 Å². The van der Waals surface area contributed by atoms with Gasteiger partial charge in [-0.25, -0.2) is 18.4 Å². The minimum Gasteiger partial charge on any atom is -0.361 e. The lowest BCUT2D eigenvalue weighted by Crippen LogP contribution is -2.31. The van der Waals surface area contributed by atoms with Gasteiger partial charge in [0.1, 0.15) is 0 Å². The second kappa shape index (κ2) is 6.39. The summed E-state index contributed by atoms with van der Waals surface area (Å²) in [6, 6.07) is 4.98. The van der Waals surface area contributed by atoms with Gasteiger partial charge in [-0.05, 0) is 11.6 Å². The Morgan fingerprint density at radius 3 is 2.93 bits per heavy atom. The Labute approximate surface area is 155 Å². The van der Waals surface area contributed by atoms with E-state index in [4.69, 9.17) is 0 Å². The van der Waals surface area contributed by atoms with Crippen LogP contribution in [-0.4, -0.2) is 46.0 Å². The van der Waals surface area contributed by atoms with Crippen molar-refractivity contribution < 1.29 is 13.3 Å². The predicted molar refractivity (Wildman–Crippen MR) is 97.9 cm³/mol. The van der Waals surface area contributed by atoms with Gasteiger partial charge in [-0.3, -0.25) is 15.0 Å². The summed E-state index contributed by atoms with van der Waals surface area (Å²) >= 11 is 0. The van der Waals surface area contributed by atoms with Gasteiger partial charge >= 0.3 is 0 Å². The number of H-pyrrole nitrogens is 1. The summed E-state index contributed by atoms with van der Waals surface area (Å²) in [4.78, 5) is 24.4. The number of nitrogens with zero attached hydrogens (tertiary/aromatic N) is 4. The number of fused-ring (bicyclic) bond motifs is 2. The van der Waals surface area contributed by atoms with Crippen molar-refractivity contribution in [3.05, 3.63) is 57.5 Å². The van der Waals surface area contributed by atoms with E-state index in [9.17, 15) is 18.5 Å². The number of nitro benzene ring substituents is 1. The van der Waals surface area contributed by atoms with E-state index in [0.29, 0.717) is 31.4 Å². The Balaban J connectivity index is 1.61. The van der Waals surface area contributed by atoms with E-state index in [1.165, 1.54) is 6.07 Å². The van der Waals surface area contributed by atoms with Crippen LogP contribution in [0.4, 0.5) is 5.69 Å². The van der Waals surface area contributed by atoms with Crippen molar-refractivity contribution in [2.45, 2.75) is 24.7 Å². The first-order chi connectivity index (χ1) is 12.8. The minimum absolute atomic E-state index is 0.0855. The van der Waals surface area contributed by atoms with Gasteiger partial charge < -0.3 is 4.98 Å². The average molecular weight is 387 g/mol. The molecule has 9 nitrogen and oxygen atoms in total. The number of hydrogen-bond donors (Lipinski definition) is 1. The molecule has 0 saturated carbocycles. The van der Waals surface area contributed by atoms with E-state index in [2.05, 4.69) is 19.9 Å². The highest BCUT2D eigenvalue weighted by Crippen LogP contribution is 2.30. The van der Waals surface area contributed by atoms with Crippen molar-refractivity contribution in [3.63, 3.8) is 0 Å². The molecular weight excluding hydrogens is 370 g/mol. The fourth-order valence-electron chi connectivity index (χ4n) is 3.42. The molecule has 0 fully saturated rings. The zero-order chi connectivity index (χ0) is 19.2. The first-order valence-electron chi connectivity index (χ1n) is 8.33. The maximum atomic E-state index is 11.6. The van der Waals surface area contributed by atoms with Gasteiger partial charge in [0.25, 0.3) is 5.69 Å². The summed E-state index contributed by atoms with van der Waals surface area (Å²) in [6.07, 6.45) is 5.05. The zero-order valence-electron chi connectivity index (χ0n) is 14.5. The van der Waals surface area contributed by atoms with Gasteiger partial charge in [0.2, 0.25) is 15.0 Å². The number of benzene rings is 1. The predicted octanol–water partition coefficient (Wildman–Crippen LogP) is 1.83. The number of nitrogens with one attached hydrogen (secondary N) is 1. The molecule has 27 heavy (non-hydrogen) atoms. The van der Waals surface area contributed by atoms with Crippen LogP contribution in [0.15, 0.2) is 35.7 Å². The van der Waals surface area contributed by atoms with Crippen LogP contribution in [0.5, 0.6) is 0 Å². The van der Waals surface area contributed by atoms with Crippen molar-refractivity contribution in [1.82, 2.24) is 19.9 Å². The number of aromatic amines is 1. The zero-order valence-corrected chi connectivity index (χ0v) is 15.4. The number of aromatic nitrogens is 3. The quantitative estimate of drug-likeness (QED) is 0.412. The molecule has 0 radical (unpaired) electrons. The maximum Gasteiger partial charge on any atom is 0.279 e. The summed E-state index contributed by atoms with van der Waals surface area (Å²) in [6.45, 7) is 1.78. The van der Waals surface area contributed by atoms with E-state index < -0.39 is 9.84 Å². The Morgan fingerprint density at radius 1 is 1.37 bits per heavy atom. The molecule has 4 rings (SSSR count). The van der Waals surface area contributed by atoms with Gasteiger partial charge in [0, 0.05) is 56.3 Å². The standard InChI is InChI=1S/C17H17N5O4S/c1-27(25,26)17-19-7-11-9-21(6-5-13(11)20-17)10-12-8-18-14-3-2-4-15(16(12)14)22(23)24/h2-4,7-8,18H,5-6,9-10H2,1H3. The van der Waals surface area contributed by atoms with Gasteiger partial charge in [-0.1, -0.05) is 6.07 Å². The van der Waals surface area contributed by atoms with E-state index in [0.717, 1.165) is 28.6 Å². The molecule has 1 aromatic carbocycles. The number of rotatable bonds is 4. The van der Waals surface area contributed by atoms with Crippen LogP contribution in [0.2, 0.25) is 0 Å². The average Bonchev–Trinajstić information content (AvgIpc) is 3.03. The molecule has 0 amide bonds. The third-order valence-electron chi connectivity index (χ3n) is 4.68. The molecule has 0 atom stereocenters. The summed E-state index contributed by atoms with van der Waals surface area (Å²) in [5.74, 6) is 0. The Bertz CT molecular complexity index is 1160. The van der Waals surface area contributed by atoms with E-state index in [1.807, 2.05) is 6.07 Å². The van der Waals surface area contributed by atoms with E-state index in [-0.39, 0.29) is 15.8 Å². The van der Waals surface area contributed by atoms with Crippen LogP contribution in [0, 0.1) is 10.1 Å². The van der Waals surface area contributed by atoms with Crippen molar-refractivity contribution in [2.24, 2.45) is 0 Å². The molecule has 140 valence electrons. The molecule has 3 aromatic rings. The molecule has 0 saturated heterocycles. The topological polar surface area (TPSA) is 122 Å². The van der Waals surface area contributed by atoms with Crippen molar-refractivity contribution in [1.29, 1.82) is 0 Å². The molecule has 0 spiro atoms. The first-order valence-corrected chi connectivity index (χ1v) is 10.2. The van der Waals surface area contributed by atoms with Crippen LogP contribution in [0.25, 0.3) is 10.9 Å². The Hall–Kier alpha value is -2.85. The third-order valence-corrected chi connectivity index (χ3v) is 5.54. The SMILES string of the molecule is CS(=O)(=O)c1ncc2c(n1)CCN(Cc1c[nH]c3cccc([N+](=O)[O-])c13)C2. The molecule has 0 unspecified atom stereocenters. The lowest BCUT2D eigenvalue weighted by atomic mass is 10.1. The highest BCUT2D eigenvalue weighted by atomic mass is 32.2. The second-order valence-electron chi connectivity index (χ2n) is 6.63. The molecule has 0 aliphatic carbocycles. The fourth-order valence-corrected chi connectivity index (χ4v) is 3.94. The lowest BCUT2D eigenvalue weighted by Gasteiger charge is -2.27. The summed E-state index contributed by atoms with van der Waals surface area (Å²) < 4.78 is 23.2. The van der Waals surface area contributed by atoms with Crippen LogP contribution < -0.4 is 0 Å². The number of hydrogen-bond acceptors (Lipinski definition) is 7. The summed E-state index contributed by atoms with van der Waals surface area (Å²) in [5.41, 5.74) is 3.30. The molecule has 10 heteroatoms. The van der Waals surface area contributed by atoms with Crippen molar-refractivity contribution >= 4 is 26.4 Å². The molecule has 1 aliphatic heterocycles. The largest absolute Gasteiger partial charge is 0.361 e. The fraction of sp³-hybridized carbons (Fsp3) is 0.294. The normalized spacial score (nSPS) is 15.0. The Kier molecular flexibility index (Phi) is 4.16. The highest BCUT2D eigenvalue weighted by molar-refractivity contribution is 7.90. The molecule has 2 aromatic heterocycles. The van der Waals surface area contributed by atoms with Crippen molar-refractivity contribution in [2.75, 3.05) is 12.8 Å². The minimum atomic E-state index is -3.43. The first kappa shape index (κ1) is 17.6. The van der Waals surface area contributed by atoms with Gasteiger partial charge in [0.05, 0.1) is 21.5 Å². The van der Waals surface area contributed by atoms with Crippen LogP contribution >= 0.6 is 0 Å². The van der Waals surface area contributed by atoms with Gasteiger partial charge in [0.15, 0.2) is 0 Å². The number of sulfone groups is 1. The molecule has 0 bridgehead atoms. The summed E-state index contributed by atoms with van der Waals surface area (Å²) in [5, 5.41) is 11.8. The lowest BCUT2D eigenvalue weighted by molar-refractivity contribution is -0.383. The highest BCUT2D eigenvalue weighted by Gasteiger charge is 2.23. The van der Waals surface area contributed by atoms with Gasteiger partial charge in [-0.2, -0.15) is 0 Å². The van der Waals surface area contributed by atoms with Crippen LogP contribution in [0.1, 0.15) is 16.8 Å². The maximum absolute atomic E-state index is 11.6. The second-order valence-corrected chi connectivity index (χ2v) is 8.54. The van der Waals surface area contributed by atoms with Crippen LogP contribution in [-0.2, 0) is 29.3 Å². The molecule has 3 heterocycles. The molecular formula is C17H17N5O4S. The molecule has 1 aliphatic rings. The third kappa shape index (κ3) is 3.28. The monoisotopic (exact) mass is 387 g/mol. The smallest absolute Gasteiger partial charge is 0.279 e. The van der Waals surface area contributed by atoms with Crippen LogP contribution in [0.3, 0.4) is 0 Å². The summed E-state index contributed by atoms with van der Waals surface area (Å²) in [7, 11) is -3.43. The number of non-ortho nitro benzene ring substituents is 1. The Morgan fingerprint density at radius 2 is 2.19 bits per heavy atom. The van der Waals surface area contributed by atoms with Gasteiger partial charge in [-0.15, -0.1) is 0 Å². The van der Waals surface area contributed by atoms with E-state index in [1.54, 1.807) is 18.5 Å².